The minimum Gasteiger partial charge on any atom is -0.368 e. The molecule has 0 radical (unpaired) electrons. The highest BCUT2D eigenvalue weighted by Crippen LogP contribution is 2.34. The quantitative estimate of drug-likeness (QED) is 0.0485. The molecule has 61 heavy (non-hydrogen) atoms. The van der Waals surface area contributed by atoms with Crippen molar-refractivity contribution in [2.45, 2.75) is 159 Å². The Hall–Kier alpha value is -5.03. The summed E-state index contributed by atoms with van der Waals surface area (Å²) in [6.45, 7) is 10.8. The Morgan fingerprint density at radius 3 is 1.56 bits per heavy atom. The Kier molecular flexibility index (Phi) is 19.2. The van der Waals surface area contributed by atoms with Crippen LogP contribution in [0.15, 0.2) is 0 Å². The SMILES string of the molecule is C[C@H](NC(=O)[C@H](C)NC(=O)[C@H](C)NC(=O)[C@H](CCCCN)NC(=O)[C@H](C)NC(=O)[C@H](C)NC(=O)[C@H](C)NC(=O)[C@H](C)NC(=O)[C@@H]1CCC2CS[C@H]3CN[C@H](C3)C(=O)N21)C(N)=O. The molecule has 3 saturated heterocycles. The highest BCUT2D eigenvalue weighted by molar-refractivity contribution is 8.00. The lowest BCUT2D eigenvalue weighted by atomic mass is 10.1. The zero-order valence-corrected chi connectivity index (χ0v) is 36.7. The Bertz CT molecular complexity index is 1670. The van der Waals surface area contributed by atoms with Crippen molar-refractivity contribution in [1.29, 1.82) is 0 Å². The number of carbonyl (C=O) groups excluding carboxylic acids is 10. The van der Waals surface area contributed by atoms with Crippen molar-refractivity contribution in [2.75, 3.05) is 18.8 Å². The van der Waals surface area contributed by atoms with E-state index in [1.807, 2.05) is 0 Å². The normalized spacial score (nSPS) is 23.3. The lowest BCUT2D eigenvalue weighted by Crippen LogP contribution is -2.59. The van der Waals surface area contributed by atoms with E-state index in [9.17, 15) is 47.9 Å². The number of carbonyl (C=O) groups is 10. The van der Waals surface area contributed by atoms with Crippen LogP contribution in [-0.4, -0.2) is 155 Å². The molecule has 1 unspecified atom stereocenters. The topological polar surface area (TPSA) is 334 Å². The first-order chi connectivity index (χ1) is 28.6. The number of amides is 10. The van der Waals surface area contributed by atoms with Crippen LogP contribution in [0.1, 0.15) is 87.0 Å². The number of thioether (sulfide) groups is 1. The minimum absolute atomic E-state index is 0.0606. The van der Waals surface area contributed by atoms with Crippen LogP contribution >= 0.6 is 11.8 Å². The zero-order valence-electron chi connectivity index (χ0n) is 35.9. The summed E-state index contributed by atoms with van der Waals surface area (Å²) in [6.07, 6.45) is 2.98. The van der Waals surface area contributed by atoms with Crippen molar-refractivity contribution in [3.05, 3.63) is 0 Å². The molecule has 13 N–H and O–H groups in total. The number of unbranched alkanes of at least 4 members (excludes halogenated alkanes) is 1. The van der Waals surface area contributed by atoms with Gasteiger partial charge in [-0.25, -0.2) is 0 Å². The fourth-order valence-electron chi connectivity index (χ4n) is 6.92. The zero-order chi connectivity index (χ0) is 45.7. The summed E-state index contributed by atoms with van der Waals surface area (Å²) in [4.78, 5) is 130. The van der Waals surface area contributed by atoms with Crippen LogP contribution in [0, 0.1) is 0 Å². The smallest absolute Gasteiger partial charge is 0.243 e. The Morgan fingerprint density at radius 1 is 0.639 bits per heavy atom. The van der Waals surface area contributed by atoms with Crippen molar-refractivity contribution < 1.29 is 47.9 Å². The lowest BCUT2D eigenvalue weighted by Gasteiger charge is -2.33. The number of nitrogens with one attached hydrogen (secondary N) is 9. The Balaban J connectivity index is 1.47. The Morgan fingerprint density at radius 2 is 1.08 bits per heavy atom. The molecule has 3 heterocycles. The molecule has 3 rings (SSSR count). The first-order valence-electron chi connectivity index (χ1n) is 20.7. The van der Waals surface area contributed by atoms with E-state index in [1.54, 1.807) is 16.7 Å². The van der Waals surface area contributed by atoms with Gasteiger partial charge in [-0.3, -0.25) is 47.9 Å². The molecule has 0 aliphatic carbocycles. The third kappa shape index (κ3) is 14.5. The molecule has 3 fully saturated rings. The van der Waals surface area contributed by atoms with Crippen LogP contribution in [0.2, 0.25) is 0 Å². The van der Waals surface area contributed by atoms with E-state index in [-0.39, 0.29) is 24.4 Å². The number of hydrogen-bond acceptors (Lipinski definition) is 13. The van der Waals surface area contributed by atoms with Gasteiger partial charge in [-0.1, -0.05) is 0 Å². The summed E-state index contributed by atoms with van der Waals surface area (Å²) < 4.78 is 0. The summed E-state index contributed by atoms with van der Waals surface area (Å²) in [6, 6.07) is -9.96. The fraction of sp³-hybridized carbons (Fsp3) is 0.737. The molecule has 2 bridgehead atoms. The van der Waals surface area contributed by atoms with Gasteiger partial charge in [0, 0.05) is 23.6 Å². The van der Waals surface area contributed by atoms with E-state index in [1.165, 1.54) is 48.5 Å². The van der Waals surface area contributed by atoms with Gasteiger partial charge < -0.3 is 64.2 Å². The van der Waals surface area contributed by atoms with Gasteiger partial charge in [0.05, 0.1) is 6.04 Å². The molecule has 0 aromatic carbocycles. The van der Waals surface area contributed by atoms with Gasteiger partial charge in [0.15, 0.2) is 0 Å². The predicted molar refractivity (Wildman–Crippen MR) is 224 cm³/mol. The largest absolute Gasteiger partial charge is 0.368 e. The van der Waals surface area contributed by atoms with Crippen LogP contribution in [0.5, 0.6) is 0 Å². The van der Waals surface area contributed by atoms with Gasteiger partial charge >= 0.3 is 0 Å². The van der Waals surface area contributed by atoms with Crippen LogP contribution < -0.4 is 59.3 Å². The van der Waals surface area contributed by atoms with Crippen molar-refractivity contribution in [2.24, 2.45) is 11.5 Å². The van der Waals surface area contributed by atoms with Crippen LogP contribution in [0.25, 0.3) is 0 Å². The van der Waals surface area contributed by atoms with E-state index in [0.717, 1.165) is 12.3 Å². The fourth-order valence-corrected chi connectivity index (χ4v) is 8.29. The summed E-state index contributed by atoms with van der Waals surface area (Å²) in [5, 5.41) is 23.6. The van der Waals surface area contributed by atoms with Crippen molar-refractivity contribution in [3.8, 4) is 0 Å². The Labute approximate surface area is 359 Å². The first kappa shape index (κ1) is 50.3. The molecule has 0 saturated carbocycles. The molecular formula is C38H64N12O10S. The number of hydrogen-bond donors (Lipinski definition) is 11. The third-order valence-electron chi connectivity index (χ3n) is 10.9. The maximum Gasteiger partial charge on any atom is 0.243 e. The number of nitrogens with zero attached hydrogens (tertiary/aromatic N) is 1. The number of primary amides is 1. The van der Waals surface area contributed by atoms with Gasteiger partial charge in [0.1, 0.15) is 54.4 Å². The van der Waals surface area contributed by atoms with Crippen molar-refractivity contribution in [3.63, 3.8) is 0 Å². The second-order valence-electron chi connectivity index (χ2n) is 16.0. The maximum atomic E-state index is 13.3. The van der Waals surface area contributed by atoms with Gasteiger partial charge in [-0.05, 0) is 93.5 Å². The van der Waals surface area contributed by atoms with Crippen LogP contribution in [-0.2, 0) is 47.9 Å². The van der Waals surface area contributed by atoms with Gasteiger partial charge in [-0.15, -0.1) is 0 Å². The minimum atomic E-state index is -1.18. The molecule has 3 aliphatic rings. The highest BCUT2D eigenvalue weighted by atomic mass is 32.2. The highest BCUT2D eigenvalue weighted by Gasteiger charge is 2.47. The van der Waals surface area contributed by atoms with E-state index in [0.29, 0.717) is 43.9 Å². The molecule has 22 nitrogen and oxygen atoms in total. The first-order valence-corrected chi connectivity index (χ1v) is 21.8. The van der Waals surface area contributed by atoms with Crippen LogP contribution in [0.3, 0.4) is 0 Å². The monoisotopic (exact) mass is 880 g/mol. The molecule has 0 aromatic heterocycles. The molecular weight excluding hydrogens is 817 g/mol. The van der Waals surface area contributed by atoms with E-state index < -0.39 is 108 Å². The second kappa shape index (κ2) is 23.3. The number of fused-ring (bicyclic) bond motifs is 3. The average molecular weight is 881 g/mol. The molecule has 0 aromatic rings. The molecule has 10 amide bonds. The molecule has 3 aliphatic heterocycles. The molecule has 12 atom stereocenters. The average Bonchev–Trinajstić information content (AvgIpc) is 3.86. The molecule has 342 valence electrons. The maximum absolute atomic E-state index is 13.3. The lowest BCUT2D eigenvalue weighted by molar-refractivity contribution is -0.142. The van der Waals surface area contributed by atoms with E-state index in [4.69, 9.17) is 11.5 Å². The van der Waals surface area contributed by atoms with Gasteiger partial charge in [-0.2, -0.15) is 11.8 Å². The summed E-state index contributed by atoms with van der Waals surface area (Å²) >= 11 is 1.80. The van der Waals surface area contributed by atoms with Gasteiger partial charge in [0.2, 0.25) is 59.1 Å². The molecule has 23 heteroatoms. The number of nitrogens with two attached hydrogens (primary N) is 2. The summed E-state index contributed by atoms with van der Waals surface area (Å²) in [5.41, 5.74) is 10.8. The van der Waals surface area contributed by atoms with Gasteiger partial charge in [0.25, 0.3) is 0 Å². The van der Waals surface area contributed by atoms with Crippen molar-refractivity contribution in [1.82, 2.24) is 52.8 Å². The predicted octanol–water partition coefficient (Wildman–Crippen LogP) is -4.54. The number of rotatable bonds is 21. The standard InChI is InChI=1S/C38H64N12O10S/c1-17(29(40)51)42-30(52)18(2)43-33(55)21(5)47-36(58)26(10-8-9-13-39)49-35(57)23(7)46-32(54)20(4)44-31(53)19(3)45-34(56)22(6)48-37(59)28-12-11-24-16-61-25-14-27(41-15-25)38(60)50(24)28/h17-28,41H,8-16,39H2,1-7H3,(H2,40,51)(H,42,52)(H,43,55)(H,44,53)(H,45,56)(H,46,54)(H,47,58)(H,48,59)(H,49,57)/t17-,18-,19-,20-,21-,22-,23-,24?,25+,26-,27+,28-/m0/s1. The summed E-state index contributed by atoms with van der Waals surface area (Å²) in [5.74, 6) is -5.55. The second-order valence-corrected chi connectivity index (χ2v) is 17.3. The van der Waals surface area contributed by atoms with Crippen LogP contribution in [0.4, 0.5) is 0 Å². The third-order valence-corrected chi connectivity index (χ3v) is 12.3. The molecule has 0 spiro atoms. The van der Waals surface area contributed by atoms with E-state index in [2.05, 4.69) is 47.9 Å². The van der Waals surface area contributed by atoms with E-state index >= 15 is 0 Å². The van der Waals surface area contributed by atoms with Crippen molar-refractivity contribution >= 4 is 70.8 Å². The summed E-state index contributed by atoms with van der Waals surface area (Å²) in [7, 11) is 0.